The van der Waals surface area contributed by atoms with Crippen molar-refractivity contribution in [1.29, 1.82) is 0 Å². The van der Waals surface area contributed by atoms with E-state index in [1.807, 2.05) is 29.7 Å². The van der Waals surface area contributed by atoms with Crippen LogP contribution in [0.4, 0.5) is 0 Å². The van der Waals surface area contributed by atoms with Gasteiger partial charge in [-0.2, -0.15) is 0 Å². The molecule has 0 unspecified atom stereocenters. The maximum atomic E-state index is 5.99. The predicted molar refractivity (Wildman–Crippen MR) is 78.2 cm³/mol. The van der Waals surface area contributed by atoms with Crippen molar-refractivity contribution in [3.8, 4) is 5.69 Å². The highest BCUT2D eigenvalue weighted by atomic mass is 35.5. The van der Waals surface area contributed by atoms with Crippen molar-refractivity contribution in [3.63, 3.8) is 0 Å². The van der Waals surface area contributed by atoms with Crippen molar-refractivity contribution in [2.45, 2.75) is 12.8 Å². The monoisotopic (exact) mass is 291 g/mol. The van der Waals surface area contributed by atoms with E-state index >= 15 is 0 Å². The normalized spacial score (nSPS) is 11.1. The summed E-state index contributed by atoms with van der Waals surface area (Å²) in [6, 6.07) is 9.94. The highest BCUT2D eigenvalue weighted by Gasteiger charge is 2.13. The fourth-order valence-electron chi connectivity index (χ4n) is 2.12. The Balaban J connectivity index is 2.32. The van der Waals surface area contributed by atoms with E-state index in [2.05, 4.69) is 16.0 Å². The van der Waals surface area contributed by atoms with E-state index in [-0.39, 0.29) is 0 Å². The average molecular weight is 292 g/mol. The third-order valence-corrected chi connectivity index (χ3v) is 3.36. The van der Waals surface area contributed by atoms with Gasteiger partial charge in [0.15, 0.2) is 5.65 Å². The second-order valence-electron chi connectivity index (χ2n) is 4.33. The summed E-state index contributed by atoms with van der Waals surface area (Å²) in [6.45, 7) is 2.05. The van der Waals surface area contributed by atoms with Crippen LogP contribution in [0.25, 0.3) is 16.9 Å². The Morgan fingerprint density at radius 2 is 2.11 bits per heavy atom. The van der Waals surface area contributed by atoms with Crippen LogP contribution in [-0.2, 0) is 5.88 Å². The van der Waals surface area contributed by atoms with Crippen LogP contribution < -0.4 is 0 Å². The highest BCUT2D eigenvalue weighted by Crippen LogP contribution is 2.23. The number of hydrogen-bond acceptors (Lipinski definition) is 2. The van der Waals surface area contributed by atoms with E-state index in [0.29, 0.717) is 10.9 Å². The largest absolute Gasteiger partial charge is 0.280 e. The summed E-state index contributed by atoms with van der Waals surface area (Å²) in [7, 11) is 0. The molecule has 3 nitrogen and oxygen atoms in total. The van der Waals surface area contributed by atoms with Crippen LogP contribution in [0.1, 0.15) is 11.4 Å². The Morgan fingerprint density at radius 1 is 1.26 bits per heavy atom. The Hall–Kier alpha value is -1.58. The zero-order chi connectivity index (χ0) is 13.4. The molecule has 96 valence electrons. The lowest BCUT2D eigenvalue weighted by atomic mass is 10.2. The number of alkyl halides is 1. The number of aryl methyl sites for hydroxylation is 1. The number of rotatable bonds is 2. The first-order valence-electron chi connectivity index (χ1n) is 5.85. The second kappa shape index (κ2) is 4.83. The Labute approximate surface area is 120 Å². The number of fused-ring (bicyclic) bond motifs is 1. The molecule has 5 heteroatoms. The molecule has 0 saturated carbocycles. The van der Waals surface area contributed by atoms with E-state index in [1.165, 1.54) is 5.56 Å². The van der Waals surface area contributed by atoms with Crippen molar-refractivity contribution in [3.05, 3.63) is 52.9 Å². The first-order valence-corrected chi connectivity index (χ1v) is 6.76. The molecule has 2 heterocycles. The molecule has 19 heavy (non-hydrogen) atoms. The molecule has 0 aliphatic carbocycles. The van der Waals surface area contributed by atoms with Crippen LogP contribution in [-0.4, -0.2) is 14.5 Å². The fourth-order valence-corrected chi connectivity index (χ4v) is 2.45. The van der Waals surface area contributed by atoms with Gasteiger partial charge in [0.05, 0.1) is 10.9 Å². The maximum absolute atomic E-state index is 5.99. The highest BCUT2D eigenvalue weighted by molar-refractivity contribution is 6.31. The first kappa shape index (κ1) is 12.5. The van der Waals surface area contributed by atoms with E-state index in [1.54, 1.807) is 12.3 Å². The average Bonchev–Trinajstić information content (AvgIpc) is 2.76. The van der Waals surface area contributed by atoms with Crippen LogP contribution in [0.15, 0.2) is 36.5 Å². The van der Waals surface area contributed by atoms with Gasteiger partial charge in [-0.3, -0.25) is 4.57 Å². The molecule has 0 bridgehead atoms. The van der Waals surface area contributed by atoms with Crippen LogP contribution in [0.2, 0.25) is 5.02 Å². The summed E-state index contributed by atoms with van der Waals surface area (Å²) >= 11 is 11.9. The topological polar surface area (TPSA) is 30.7 Å². The third kappa shape index (κ3) is 2.20. The molecule has 0 radical (unpaired) electrons. The molecule has 0 saturated heterocycles. The maximum Gasteiger partial charge on any atom is 0.164 e. The molecule has 0 aliphatic heterocycles. The molecular formula is C14H11Cl2N3. The summed E-state index contributed by atoms with van der Waals surface area (Å²) in [5.41, 5.74) is 3.71. The van der Waals surface area contributed by atoms with Crippen LogP contribution in [0.3, 0.4) is 0 Å². The number of hydrogen-bond donors (Lipinski definition) is 0. The molecule has 0 aliphatic rings. The molecule has 3 rings (SSSR count). The Kier molecular flexibility index (Phi) is 3.17. The van der Waals surface area contributed by atoms with Crippen molar-refractivity contribution >= 4 is 34.4 Å². The second-order valence-corrected chi connectivity index (χ2v) is 5.04. The van der Waals surface area contributed by atoms with Gasteiger partial charge in [0.2, 0.25) is 0 Å². The van der Waals surface area contributed by atoms with Gasteiger partial charge >= 0.3 is 0 Å². The molecular weight excluding hydrogens is 281 g/mol. The fraction of sp³-hybridized carbons (Fsp3) is 0.143. The van der Waals surface area contributed by atoms with Crippen molar-refractivity contribution in [2.75, 3.05) is 0 Å². The standard InChI is InChI=1S/C14H11Cl2N3/c1-9-3-2-4-11(5-9)19-13(7-15)18-12-6-10(16)8-17-14(12)19/h2-6,8H,7H2,1H3. The number of benzene rings is 1. The SMILES string of the molecule is Cc1cccc(-n2c(CCl)nc3cc(Cl)cnc32)c1. The lowest BCUT2D eigenvalue weighted by Crippen LogP contribution is -2.00. The number of halogens is 2. The molecule has 1 aromatic carbocycles. The Morgan fingerprint density at radius 3 is 2.84 bits per heavy atom. The molecule has 2 aromatic heterocycles. The zero-order valence-electron chi connectivity index (χ0n) is 10.3. The minimum atomic E-state index is 0.321. The number of pyridine rings is 1. The zero-order valence-corrected chi connectivity index (χ0v) is 11.8. The summed E-state index contributed by atoms with van der Waals surface area (Å²) in [5.74, 6) is 1.08. The minimum absolute atomic E-state index is 0.321. The minimum Gasteiger partial charge on any atom is -0.280 e. The van der Waals surface area contributed by atoms with Gasteiger partial charge in [-0.15, -0.1) is 11.6 Å². The molecule has 0 amide bonds. The van der Waals surface area contributed by atoms with Crippen LogP contribution in [0.5, 0.6) is 0 Å². The van der Waals surface area contributed by atoms with E-state index in [0.717, 1.165) is 22.7 Å². The van der Waals surface area contributed by atoms with Crippen molar-refractivity contribution in [2.24, 2.45) is 0 Å². The number of aromatic nitrogens is 3. The van der Waals surface area contributed by atoms with Gasteiger partial charge in [0, 0.05) is 11.9 Å². The van der Waals surface area contributed by atoms with Crippen LogP contribution in [0, 0.1) is 6.92 Å². The molecule has 3 aromatic rings. The van der Waals surface area contributed by atoms with Gasteiger partial charge < -0.3 is 0 Å². The van der Waals surface area contributed by atoms with Gasteiger partial charge in [-0.25, -0.2) is 9.97 Å². The third-order valence-electron chi connectivity index (χ3n) is 2.91. The molecule has 0 fully saturated rings. The number of imidazole rings is 1. The van der Waals surface area contributed by atoms with Crippen LogP contribution >= 0.6 is 23.2 Å². The van der Waals surface area contributed by atoms with Gasteiger partial charge in [-0.1, -0.05) is 23.7 Å². The molecule has 0 atom stereocenters. The summed E-state index contributed by atoms with van der Waals surface area (Å²) in [6.07, 6.45) is 1.62. The number of nitrogens with zero attached hydrogens (tertiary/aromatic N) is 3. The van der Waals surface area contributed by atoms with Gasteiger partial charge in [0.1, 0.15) is 11.3 Å². The van der Waals surface area contributed by atoms with E-state index < -0.39 is 0 Å². The lowest BCUT2D eigenvalue weighted by molar-refractivity contribution is 0.968. The summed E-state index contributed by atoms with van der Waals surface area (Å²) < 4.78 is 1.96. The van der Waals surface area contributed by atoms with Crippen molar-refractivity contribution < 1.29 is 0 Å². The first-order chi connectivity index (χ1) is 9.19. The smallest absolute Gasteiger partial charge is 0.164 e. The molecule has 0 N–H and O–H groups in total. The van der Waals surface area contributed by atoms with Gasteiger partial charge in [0.25, 0.3) is 0 Å². The van der Waals surface area contributed by atoms with Gasteiger partial charge in [-0.05, 0) is 30.7 Å². The predicted octanol–water partition coefficient (Wildman–Crippen LogP) is 4.12. The summed E-state index contributed by atoms with van der Waals surface area (Å²) in [4.78, 5) is 8.85. The van der Waals surface area contributed by atoms with Crippen molar-refractivity contribution in [1.82, 2.24) is 14.5 Å². The van der Waals surface area contributed by atoms with E-state index in [9.17, 15) is 0 Å². The van der Waals surface area contributed by atoms with E-state index in [4.69, 9.17) is 23.2 Å². The quantitative estimate of drug-likeness (QED) is 0.665. The summed E-state index contributed by atoms with van der Waals surface area (Å²) in [5, 5.41) is 0.572. The Bertz CT molecular complexity index is 750. The lowest BCUT2D eigenvalue weighted by Gasteiger charge is -2.07. The molecule has 0 spiro atoms.